The summed E-state index contributed by atoms with van der Waals surface area (Å²) in [5.74, 6) is 0. The van der Waals surface area contributed by atoms with Crippen LogP contribution in [-0.4, -0.2) is 22.7 Å². The second-order valence-corrected chi connectivity index (χ2v) is 16.0. The molecule has 5 aliphatic rings. The molecule has 0 saturated heterocycles. The maximum atomic E-state index is 2.75. The first-order valence-corrected chi connectivity index (χ1v) is 19.7. The topological polar surface area (TPSA) is 16.3 Å². The van der Waals surface area contributed by atoms with Crippen molar-refractivity contribution in [2.45, 2.75) is 0 Å². The Morgan fingerprint density at radius 2 is 1.09 bits per heavy atom. The van der Waals surface area contributed by atoms with E-state index in [-0.39, 0.29) is 13.7 Å². The molecule has 0 N–H and O–H groups in total. The van der Waals surface area contributed by atoms with Crippen LogP contribution < -0.4 is 31.7 Å². The summed E-state index contributed by atoms with van der Waals surface area (Å²) in [6.45, 7) is 0.0786. The Morgan fingerprint density at radius 1 is 0.393 bits per heavy atom. The van der Waals surface area contributed by atoms with Gasteiger partial charge in [-0.15, -0.1) is 0 Å². The molecule has 0 saturated carbocycles. The van der Waals surface area contributed by atoms with Crippen LogP contribution in [0.25, 0.3) is 66.1 Å². The SMILES string of the molecule is c1ccc(-c2ccc3c(c2)N(c2ccccc2)c2cc4c5c6c2B3n2ccc3cc7c8cccc9c8n(c7c-6c32)B5c2c-9cccc2N4c2ccccc2)cc1. The summed E-state index contributed by atoms with van der Waals surface area (Å²) >= 11 is 0. The maximum absolute atomic E-state index is 2.75. The highest BCUT2D eigenvalue weighted by Gasteiger charge is 2.52. The van der Waals surface area contributed by atoms with Crippen LogP contribution in [0, 0.1) is 0 Å². The number of nitrogens with zero attached hydrogens (tertiary/aromatic N) is 4. The number of anilines is 6. The number of fused-ring (bicyclic) bond motifs is 5. The van der Waals surface area contributed by atoms with Gasteiger partial charge in [-0.2, -0.15) is 0 Å². The first kappa shape index (κ1) is 28.3. The van der Waals surface area contributed by atoms with Gasteiger partial charge in [0, 0.05) is 72.6 Å². The van der Waals surface area contributed by atoms with Crippen molar-refractivity contribution in [3.05, 3.63) is 170 Å². The first-order chi connectivity index (χ1) is 27.8. The zero-order chi connectivity index (χ0) is 36.0. The van der Waals surface area contributed by atoms with Crippen LogP contribution in [0.4, 0.5) is 34.1 Å². The standard InChI is InChI=1S/C50H28B2N4/c1-4-12-29(13-5-1)30-22-23-38-40(27-30)55(33-16-8-3-9-17-33)41-28-42-47-43-44-48-31(24-25-53(48)51(38)46(41)43)26-37-36-20-10-19-35-34-18-11-21-39(54(42)32-14-6-2-7-15-32)45(34)52(47)56(49(35)36)50(37)44/h1-28H. The molecule has 7 heterocycles. The van der Waals surface area contributed by atoms with Gasteiger partial charge in [0.25, 0.3) is 0 Å². The summed E-state index contributed by atoms with van der Waals surface area (Å²) in [5, 5.41) is 4.01. The Labute approximate surface area is 323 Å². The van der Waals surface area contributed by atoms with Crippen molar-refractivity contribution >= 4 is 102 Å². The number of rotatable bonds is 3. The van der Waals surface area contributed by atoms with Gasteiger partial charge >= 0.3 is 13.7 Å². The molecule has 0 bridgehead atoms. The lowest BCUT2D eigenvalue weighted by Gasteiger charge is -2.48. The highest BCUT2D eigenvalue weighted by Crippen LogP contribution is 2.54. The fourth-order valence-corrected chi connectivity index (χ4v) is 11.6. The highest BCUT2D eigenvalue weighted by atomic mass is 15.2. The molecule has 0 aliphatic carbocycles. The van der Waals surface area contributed by atoms with E-state index in [4.69, 9.17) is 0 Å². The number of aromatic nitrogens is 2. The lowest BCUT2D eigenvalue weighted by Crippen LogP contribution is -2.64. The third-order valence-electron chi connectivity index (χ3n) is 13.6. The van der Waals surface area contributed by atoms with Crippen LogP contribution >= 0.6 is 0 Å². The Bertz CT molecular complexity index is 3440. The second kappa shape index (κ2) is 9.54. The van der Waals surface area contributed by atoms with E-state index in [0.29, 0.717) is 0 Å². The van der Waals surface area contributed by atoms with Crippen molar-refractivity contribution in [1.82, 2.24) is 8.96 Å². The van der Waals surface area contributed by atoms with E-state index in [0.717, 1.165) is 0 Å². The molecule has 0 spiro atoms. The molecule has 0 fully saturated rings. The van der Waals surface area contributed by atoms with Crippen LogP contribution in [0.1, 0.15) is 0 Å². The zero-order valence-electron chi connectivity index (χ0n) is 30.1. The van der Waals surface area contributed by atoms with Gasteiger partial charge in [-0.1, -0.05) is 109 Å². The monoisotopic (exact) mass is 706 g/mol. The van der Waals surface area contributed by atoms with Gasteiger partial charge in [0.1, 0.15) is 0 Å². The molecule has 4 nitrogen and oxygen atoms in total. The van der Waals surface area contributed by atoms with Gasteiger partial charge in [-0.25, -0.2) is 0 Å². The summed E-state index contributed by atoms with van der Waals surface area (Å²) in [5.41, 5.74) is 24.9. The van der Waals surface area contributed by atoms with Crippen LogP contribution in [0.15, 0.2) is 170 Å². The molecule has 5 aliphatic heterocycles. The molecule has 0 unspecified atom stereocenters. The predicted molar refractivity (Wildman–Crippen MR) is 235 cm³/mol. The summed E-state index contributed by atoms with van der Waals surface area (Å²) in [6.07, 6.45) is 2.36. The van der Waals surface area contributed by atoms with E-state index < -0.39 is 0 Å². The van der Waals surface area contributed by atoms with Gasteiger partial charge in [0.15, 0.2) is 0 Å². The molecule has 56 heavy (non-hydrogen) atoms. The molecule has 6 heteroatoms. The summed E-state index contributed by atoms with van der Waals surface area (Å²) in [4.78, 5) is 5.13. The molecule has 0 amide bonds. The van der Waals surface area contributed by atoms with Crippen molar-refractivity contribution in [2.24, 2.45) is 0 Å². The average Bonchev–Trinajstić information content (AvgIpc) is 3.84. The highest BCUT2D eigenvalue weighted by molar-refractivity contribution is 6.95. The molecule has 15 rings (SSSR count). The van der Waals surface area contributed by atoms with Crippen molar-refractivity contribution < 1.29 is 0 Å². The summed E-state index contributed by atoms with van der Waals surface area (Å²) < 4.78 is 5.36. The van der Waals surface area contributed by atoms with Gasteiger partial charge < -0.3 is 18.8 Å². The third-order valence-corrected chi connectivity index (χ3v) is 13.6. The van der Waals surface area contributed by atoms with E-state index in [1.54, 1.807) is 0 Å². The Kier molecular flexibility index (Phi) is 4.82. The minimum Gasteiger partial charge on any atom is -0.382 e. The third kappa shape index (κ3) is 3.08. The predicted octanol–water partition coefficient (Wildman–Crippen LogP) is 9.56. The normalized spacial score (nSPS) is 14.3. The van der Waals surface area contributed by atoms with Gasteiger partial charge in [0.2, 0.25) is 0 Å². The average molecular weight is 706 g/mol. The number of hydrogen-bond donors (Lipinski definition) is 0. The fraction of sp³-hybridized carbons (Fsp3) is 0. The molecule has 0 atom stereocenters. The Morgan fingerprint density at radius 3 is 1.88 bits per heavy atom. The number of hydrogen-bond acceptors (Lipinski definition) is 2. The van der Waals surface area contributed by atoms with E-state index in [1.807, 2.05) is 0 Å². The quantitative estimate of drug-likeness (QED) is 0.170. The Hall–Kier alpha value is -7.17. The molecule has 254 valence electrons. The minimum absolute atomic E-state index is 0.0180. The van der Waals surface area contributed by atoms with Gasteiger partial charge in [-0.3, -0.25) is 0 Å². The van der Waals surface area contributed by atoms with Crippen molar-refractivity contribution in [1.29, 1.82) is 0 Å². The summed E-state index contributed by atoms with van der Waals surface area (Å²) in [7, 11) is 0. The van der Waals surface area contributed by atoms with Crippen LogP contribution in [0.3, 0.4) is 0 Å². The van der Waals surface area contributed by atoms with Crippen LogP contribution in [0.2, 0.25) is 0 Å². The van der Waals surface area contributed by atoms with Crippen molar-refractivity contribution in [2.75, 3.05) is 9.80 Å². The zero-order valence-corrected chi connectivity index (χ0v) is 30.1. The largest absolute Gasteiger partial charge is 0.382 e. The lowest BCUT2D eigenvalue weighted by atomic mass is 9.38. The first-order valence-electron chi connectivity index (χ1n) is 19.7. The Balaban J connectivity index is 1.18. The van der Waals surface area contributed by atoms with E-state index in [9.17, 15) is 0 Å². The fourth-order valence-electron chi connectivity index (χ4n) is 11.6. The van der Waals surface area contributed by atoms with Gasteiger partial charge in [-0.05, 0) is 110 Å². The van der Waals surface area contributed by atoms with Crippen molar-refractivity contribution in [3.8, 4) is 33.4 Å². The summed E-state index contributed by atoms with van der Waals surface area (Å²) in [6, 6.07) is 61.5. The van der Waals surface area contributed by atoms with Crippen LogP contribution in [0.5, 0.6) is 0 Å². The molecule has 10 aromatic rings. The van der Waals surface area contributed by atoms with E-state index >= 15 is 0 Å². The molecular formula is C50H28B2N4. The maximum Gasteiger partial charge on any atom is 0.333 e. The minimum atomic E-state index is 0.0180. The number of benzene rings is 8. The van der Waals surface area contributed by atoms with Crippen molar-refractivity contribution in [3.63, 3.8) is 0 Å². The molecular weight excluding hydrogens is 678 g/mol. The van der Waals surface area contributed by atoms with Crippen LogP contribution in [-0.2, 0) is 0 Å². The number of para-hydroxylation sites is 3. The van der Waals surface area contributed by atoms with Gasteiger partial charge in [0.05, 0.1) is 0 Å². The molecule has 0 radical (unpaired) electrons. The lowest BCUT2D eigenvalue weighted by molar-refractivity contribution is 1.20. The van der Waals surface area contributed by atoms with E-state index in [2.05, 4.69) is 189 Å². The smallest absolute Gasteiger partial charge is 0.333 e. The van der Waals surface area contributed by atoms with E-state index in [1.165, 1.54) is 122 Å². The molecule has 2 aromatic heterocycles. The second-order valence-electron chi connectivity index (χ2n) is 16.0. The molecule has 8 aromatic carbocycles.